The van der Waals surface area contributed by atoms with Crippen LogP contribution in [0.2, 0.25) is 0 Å². The topological polar surface area (TPSA) is 26.0 Å². The Hall–Kier alpha value is -1.03. The minimum absolute atomic E-state index is 0.0758. The molecule has 1 unspecified atom stereocenters. The lowest BCUT2D eigenvalue weighted by Crippen LogP contribution is -2.14. The lowest BCUT2D eigenvalue weighted by atomic mass is 9.95. The number of halogens is 3. The first-order valence-corrected chi connectivity index (χ1v) is 6.48. The van der Waals surface area contributed by atoms with Crippen LogP contribution in [0.3, 0.4) is 0 Å². The van der Waals surface area contributed by atoms with Crippen molar-refractivity contribution in [1.82, 2.24) is 0 Å². The van der Waals surface area contributed by atoms with Crippen LogP contribution in [0.25, 0.3) is 0 Å². The van der Waals surface area contributed by atoms with Gasteiger partial charge >= 0.3 is 0 Å². The average Bonchev–Trinajstić information content (AvgIpc) is 2.84. The van der Waals surface area contributed by atoms with Crippen LogP contribution in [0.5, 0.6) is 0 Å². The second-order valence-electron chi connectivity index (χ2n) is 5.12. The van der Waals surface area contributed by atoms with E-state index in [2.05, 4.69) is 0 Å². The van der Waals surface area contributed by atoms with Gasteiger partial charge in [0.25, 0.3) is 0 Å². The number of nitrogens with two attached hydrogens (primary N) is 1. The van der Waals surface area contributed by atoms with Crippen LogP contribution >= 0.6 is 0 Å². The molecule has 0 bridgehead atoms. The number of hydrogen-bond donors (Lipinski definition) is 1. The highest BCUT2D eigenvalue weighted by Gasteiger charge is 2.19. The summed E-state index contributed by atoms with van der Waals surface area (Å²) < 4.78 is 39.4. The molecule has 0 saturated heterocycles. The molecule has 4 heteroatoms. The molecule has 0 aromatic heterocycles. The fraction of sp³-hybridized carbons (Fsp3) is 0.571. The fourth-order valence-electron chi connectivity index (χ4n) is 2.69. The molecule has 1 aliphatic rings. The standard InChI is InChI=1S/C14H18F3N/c15-11-8-13(17)12(16)7-10(11)14(18)6-5-9-3-1-2-4-9/h7-9,14H,1-6,18H2. The number of hydrogen-bond acceptors (Lipinski definition) is 1. The van der Waals surface area contributed by atoms with Crippen molar-refractivity contribution in [2.45, 2.75) is 44.6 Å². The molecule has 18 heavy (non-hydrogen) atoms. The van der Waals surface area contributed by atoms with Gasteiger partial charge < -0.3 is 5.73 Å². The van der Waals surface area contributed by atoms with E-state index in [4.69, 9.17) is 5.73 Å². The van der Waals surface area contributed by atoms with E-state index in [-0.39, 0.29) is 5.56 Å². The molecule has 2 rings (SSSR count). The molecule has 0 amide bonds. The summed E-state index contributed by atoms with van der Waals surface area (Å²) in [5.41, 5.74) is 5.94. The third kappa shape index (κ3) is 3.05. The molecule has 0 spiro atoms. The molecule has 2 N–H and O–H groups in total. The maximum atomic E-state index is 13.5. The molecule has 1 atom stereocenters. The number of benzene rings is 1. The van der Waals surface area contributed by atoms with Crippen molar-refractivity contribution in [1.29, 1.82) is 0 Å². The maximum absolute atomic E-state index is 13.5. The van der Waals surface area contributed by atoms with Crippen molar-refractivity contribution < 1.29 is 13.2 Å². The highest BCUT2D eigenvalue weighted by Crippen LogP contribution is 2.31. The fourth-order valence-corrected chi connectivity index (χ4v) is 2.69. The second-order valence-corrected chi connectivity index (χ2v) is 5.12. The van der Waals surface area contributed by atoms with E-state index in [1.54, 1.807) is 0 Å². The lowest BCUT2D eigenvalue weighted by Gasteiger charge is -2.16. The van der Waals surface area contributed by atoms with Crippen LogP contribution in [0.4, 0.5) is 13.2 Å². The van der Waals surface area contributed by atoms with Gasteiger partial charge in [-0.15, -0.1) is 0 Å². The minimum atomic E-state index is -1.17. The Balaban J connectivity index is 1.99. The van der Waals surface area contributed by atoms with Gasteiger partial charge in [0.1, 0.15) is 5.82 Å². The summed E-state index contributed by atoms with van der Waals surface area (Å²) in [4.78, 5) is 0. The highest BCUT2D eigenvalue weighted by molar-refractivity contribution is 5.23. The average molecular weight is 257 g/mol. The largest absolute Gasteiger partial charge is 0.324 e. The second kappa shape index (κ2) is 5.74. The predicted octanol–water partition coefficient (Wildman–Crippen LogP) is 4.07. The van der Waals surface area contributed by atoms with Gasteiger partial charge in [0.05, 0.1) is 0 Å². The quantitative estimate of drug-likeness (QED) is 0.808. The van der Waals surface area contributed by atoms with Crippen LogP contribution < -0.4 is 5.73 Å². The van der Waals surface area contributed by atoms with Crippen molar-refractivity contribution in [3.8, 4) is 0 Å². The van der Waals surface area contributed by atoms with Gasteiger partial charge in [-0.2, -0.15) is 0 Å². The molecule has 0 radical (unpaired) electrons. The molecule has 1 aliphatic carbocycles. The Labute approximate surface area is 105 Å². The van der Waals surface area contributed by atoms with Crippen LogP contribution in [0.15, 0.2) is 12.1 Å². The van der Waals surface area contributed by atoms with Gasteiger partial charge in [-0.3, -0.25) is 0 Å². The highest BCUT2D eigenvalue weighted by atomic mass is 19.2. The Kier molecular flexibility index (Phi) is 4.27. The monoisotopic (exact) mass is 257 g/mol. The van der Waals surface area contributed by atoms with Crippen LogP contribution in [-0.4, -0.2) is 0 Å². The summed E-state index contributed by atoms with van der Waals surface area (Å²) in [6, 6.07) is 0.894. The molecular formula is C14H18F3N. The van der Waals surface area contributed by atoms with Crippen molar-refractivity contribution in [3.05, 3.63) is 35.1 Å². The van der Waals surface area contributed by atoms with Crippen molar-refractivity contribution >= 4 is 0 Å². The maximum Gasteiger partial charge on any atom is 0.161 e. The first-order valence-electron chi connectivity index (χ1n) is 6.48. The van der Waals surface area contributed by atoms with E-state index in [0.717, 1.165) is 12.5 Å². The summed E-state index contributed by atoms with van der Waals surface area (Å²) in [5, 5.41) is 0. The van der Waals surface area contributed by atoms with Crippen LogP contribution in [0.1, 0.15) is 50.1 Å². The molecule has 100 valence electrons. The Morgan fingerprint density at radius 3 is 2.33 bits per heavy atom. The van der Waals surface area contributed by atoms with Gasteiger partial charge in [0.2, 0.25) is 0 Å². The number of rotatable bonds is 4. The van der Waals surface area contributed by atoms with E-state index in [0.29, 0.717) is 18.4 Å². The lowest BCUT2D eigenvalue weighted by molar-refractivity contribution is 0.439. The first kappa shape index (κ1) is 13.4. The zero-order chi connectivity index (χ0) is 13.1. The van der Waals surface area contributed by atoms with Crippen LogP contribution in [0, 0.1) is 23.4 Å². The van der Waals surface area contributed by atoms with Gasteiger partial charge in [-0.25, -0.2) is 13.2 Å². The summed E-state index contributed by atoms with van der Waals surface area (Å²) >= 11 is 0. The van der Waals surface area contributed by atoms with Crippen LogP contribution in [-0.2, 0) is 0 Å². The zero-order valence-electron chi connectivity index (χ0n) is 10.3. The summed E-state index contributed by atoms with van der Waals surface area (Å²) in [6.45, 7) is 0. The van der Waals surface area contributed by atoms with E-state index < -0.39 is 23.5 Å². The molecule has 1 aromatic rings. The molecule has 1 fully saturated rings. The zero-order valence-corrected chi connectivity index (χ0v) is 10.3. The molecule has 0 aliphatic heterocycles. The van der Waals surface area contributed by atoms with E-state index in [1.165, 1.54) is 25.7 Å². The molecule has 1 nitrogen and oxygen atoms in total. The van der Waals surface area contributed by atoms with Crippen molar-refractivity contribution in [3.63, 3.8) is 0 Å². The third-order valence-electron chi connectivity index (χ3n) is 3.80. The SMILES string of the molecule is NC(CCC1CCCC1)c1cc(F)c(F)cc1F. The molecule has 1 saturated carbocycles. The van der Waals surface area contributed by atoms with Gasteiger partial charge in [0, 0.05) is 17.7 Å². The van der Waals surface area contributed by atoms with Crippen molar-refractivity contribution in [2.24, 2.45) is 11.7 Å². The first-order chi connectivity index (χ1) is 8.58. The van der Waals surface area contributed by atoms with E-state index >= 15 is 0 Å². The molecule has 1 aromatic carbocycles. The van der Waals surface area contributed by atoms with E-state index in [9.17, 15) is 13.2 Å². The normalized spacial score (nSPS) is 18.2. The van der Waals surface area contributed by atoms with E-state index in [1.807, 2.05) is 0 Å². The molecular weight excluding hydrogens is 239 g/mol. The van der Waals surface area contributed by atoms with Crippen molar-refractivity contribution in [2.75, 3.05) is 0 Å². The van der Waals surface area contributed by atoms with Gasteiger partial charge in [-0.1, -0.05) is 25.7 Å². The van der Waals surface area contributed by atoms with Gasteiger partial charge in [-0.05, 0) is 24.8 Å². The third-order valence-corrected chi connectivity index (χ3v) is 3.80. The minimum Gasteiger partial charge on any atom is -0.324 e. The Morgan fingerprint density at radius 2 is 1.67 bits per heavy atom. The molecule has 0 heterocycles. The smallest absolute Gasteiger partial charge is 0.161 e. The summed E-state index contributed by atoms with van der Waals surface area (Å²) in [5.74, 6) is -2.31. The van der Waals surface area contributed by atoms with Gasteiger partial charge in [0.15, 0.2) is 11.6 Å². The summed E-state index contributed by atoms with van der Waals surface area (Å²) in [6.07, 6.45) is 6.45. The Bertz CT molecular complexity index is 414. The Morgan fingerprint density at radius 1 is 1.06 bits per heavy atom. The summed E-state index contributed by atoms with van der Waals surface area (Å²) in [7, 11) is 0. The predicted molar refractivity (Wildman–Crippen MR) is 64.4 cm³/mol.